The molecule has 2 rings (SSSR count). The van der Waals surface area contributed by atoms with Gasteiger partial charge in [-0.2, -0.15) is 0 Å². The van der Waals surface area contributed by atoms with Crippen molar-refractivity contribution in [3.63, 3.8) is 0 Å². The van der Waals surface area contributed by atoms with Gasteiger partial charge in [-0.3, -0.25) is 4.79 Å². The highest BCUT2D eigenvalue weighted by atomic mass is 32.1. The number of carbonyl (C=O) groups excluding carboxylic acids is 1. The van der Waals surface area contributed by atoms with Crippen molar-refractivity contribution in [1.29, 1.82) is 0 Å². The van der Waals surface area contributed by atoms with Crippen LogP contribution in [0.5, 0.6) is 0 Å². The first kappa shape index (κ1) is 17.7. The second kappa shape index (κ2) is 8.27. The third kappa shape index (κ3) is 4.43. The van der Waals surface area contributed by atoms with Crippen LogP contribution < -0.4 is 10.6 Å². The van der Waals surface area contributed by atoms with Crippen molar-refractivity contribution < 1.29 is 10.1 Å². The fourth-order valence-electron chi connectivity index (χ4n) is 2.71. The van der Waals surface area contributed by atoms with Gasteiger partial charge in [0.25, 0.3) is 5.91 Å². The minimum Gasteiger partial charge on any atom is -0.354 e. The van der Waals surface area contributed by atoms with Crippen LogP contribution >= 0.6 is 11.3 Å². The Morgan fingerprint density at radius 2 is 1.83 bits per heavy atom. The van der Waals surface area contributed by atoms with E-state index in [2.05, 4.69) is 66.3 Å². The monoisotopic (exact) mass is 331 g/mol. The summed E-state index contributed by atoms with van der Waals surface area (Å²) in [5.74, 6) is 0.640. The van der Waals surface area contributed by atoms with Crippen LogP contribution in [0.2, 0.25) is 0 Å². The van der Waals surface area contributed by atoms with Gasteiger partial charge in [0.15, 0.2) is 6.04 Å². The number of hydrogen-bond donors (Lipinski definition) is 2. The Kier molecular flexibility index (Phi) is 6.37. The predicted octanol–water partition coefficient (Wildman–Crippen LogP) is 3.05. The smallest absolute Gasteiger partial charge is 0.277 e. The molecule has 1 heterocycles. The van der Waals surface area contributed by atoms with E-state index in [1.54, 1.807) is 18.4 Å². The summed E-state index contributed by atoms with van der Waals surface area (Å²) in [6.07, 6.45) is 1.15. The standard InChI is InChI=1S/C19H26N2OS/c1-5-13(2)15-8-10-16(11-9-15)18(17-7-6-12-23-17)21-14(3)19(22)20-4/h6-14,18,21H,5H2,1-4H3,(H,20,22)/p+1/t13-,14+,18+/m1/s1. The molecule has 0 aliphatic carbocycles. The van der Waals surface area contributed by atoms with Crippen LogP contribution in [0.25, 0.3) is 0 Å². The lowest BCUT2D eigenvalue weighted by Gasteiger charge is -2.19. The molecule has 124 valence electrons. The average molecular weight is 332 g/mol. The Balaban J connectivity index is 2.25. The maximum Gasteiger partial charge on any atom is 0.277 e. The van der Waals surface area contributed by atoms with Crippen LogP contribution in [-0.2, 0) is 4.79 Å². The van der Waals surface area contributed by atoms with E-state index < -0.39 is 0 Å². The zero-order chi connectivity index (χ0) is 16.8. The molecule has 2 aromatic rings. The van der Waals surface area contributed by atoms with E-state index >= 15 is 0 Å². The van der Waals surface area contributed by atoms with E-state index in [0.29, 0.717) is 5.92 Å². The van der Waals surface area contributed by atoms with Crippen LogP contribution in [0.15, 0.2) is 41.8 Å². The second-order valence-corrected chi connectivity index (χ2v) is 7.04. The molecule has 4 heteroatoms. The predicted molar refractivity (Wildman–Crippen MR) is 96.8 cm³/mol. The third-order valence-corrected chi connectivity index (χ3v) is 5.42. The molecule has 23 heavy (non-hydrogen) atoms. The van der Waals surface area contributed by atoms with Crippen molar-refractivity contribution in [2.75, 3.05) is 7.05 Å². The van der Waals surface area contributed by atoms with Crippen LogP contribution in [0.4, 0.5) is 0 Å². The summed E-state index contributed by atoms with van der Waals surface area (Å²) in [6, 6.07) is 13.1. The summed E-state index contributed by atoms with van der Waals surface area (Å²) in [4.78, 5) is 13.2. The number of hydrogen-bond acceptors (Lipinski definition) is 2. The van der Waals surface area contributed by atoms with Crippen LogP contribution in [0.1, 0.15) is 55.2 Å². The maximum atomic E-state index is 11.9. The van der Waals surface area contributed by atoms with Gasteiger partial charge in [-0.25, -0.2) is 0 Å². The van der Waals surface area contributed by atoms with E-state index in [1.165, 1.54) is 16.0 Å². The molecular weight excluding hydrogens is 304 g/mol. The van der Waals surface area contributed by atoms with Crippen LogP contribution in [0.3, 0.4) is 0 Å². The van der Waals surface area contributed by atoms with Gasteiger partial charge in [0.1, 0.15) is 6.04 Å². The molecule has 3 N–H and O–H groups in total. The number of quaternary nitrogens is 1. The van der Waals surface area contributed by atoms with Crippen LogP contribution in [0, 0.1) is 0 Å². The highest BCUT2D eigenvalue weighted by molar-refractivity contribution is 7.10. The largest absolute Gasteiger partial charge is 0.354 e. The van der Waals surface area contributed by atoms with Gasteiger partial charge < -0.3 is 10.6 Å². The number of amides is 1. The lowest BCUT2D eigenvalue weighted by Crippen LogP contribution is -2.92. The summed E-state index contributed by atoms with van der Waals surface area (Å²) in [7, 11) is 1.69. The van der Waals surface area contributed by atoms with E-state index in [0.717, 1.165) is 6.42 Å². The lowest BCUT2D eigenvalue weighted by molar-refractivity contribution is -0.704. The Morgan fingerprint density at radius 1 is 1.17 bits per heavy atom. The summed E-state index contributed by atoms with van der Waals surface area (Å²) >= 11 is 1.74. The third-order valence-electron chi connectivity index (χ3n) is 4.47. The molecule has 0 unspecified atom stereocenters. The molecule has 0 bridgehead atoms. The van der Waals surface area contributed by atoms with Gasteiger partial charge in [0.05, 0.1) is 4.88 Å². The minimum atomic E-state index is -0.124. The summed E-state index contributed by atoms with van der Waals surface area (Å²) < 4.78 is 0. The van der Waals surface area contributed by atoms with Crippen molar-refractivity contribution in [2.45, 2.75) is 45.2 Å². The van der Waals surface area contributed by atoms with E-state index in [9.17, 15) is 4.79 Å². The van der Waals surface area contributed by atoms with Gasteiger partial charge in [-0.1, -0.05) is 44.2 Å². The molecule has 0 saturated carbocycles. The molecule has 0 aliphatic rings. The summed E-state index contributed by atoms with van der Waals surface area (Å²) in [6.45, 7) is 6.42. The van der Waals surface area contributed by atoms with Crippen molar-refractivity contribution in [3.8, 4) is 0 Å². The molecule has 1 aromatic carbocycles. The Bertz CT molecular complexity index is 607. The van der Waals surface area contributed by atoms with E-state index in [4.69, 9.17) is 0 Å². The SMILES string of the molecule is CC[C@@H](C)c1ccc([C@H]([NH2+][C@@H](C)C(=O)NC)c2cccs2)cc1. The van der Waals surface area contributed by atoms with Crippen molar-refractivity contribution in [3.05, 3.63) is 57.8 Å². The molecule has 0 spiro atoms. The molecule has 0 fully saturated rings. The van der Waals surface area contributed by atoms with Crippen molar-refractivity contribution in [2.24, 2.45) is 0 Å². The first-order valence-corrected chi connectivity index (χ1v) is 9.14. The number of nitrogens with one attached hydrogen (secondary N) is 1. The number of rotatable bonds is 7. The number of benzene rings is 1. The second-order valence-electron chi connectivity index (χ2n) is 6.06. The van der Waals surface area contributed by atoms with Crippen LogP contribution in [-0.4, -0.2) is 19.0 Å². The maximum absolute atomic E-state index is 11.9. The quantitative estimate of drug-likeness (QED) is 0.805. The molecular formula is C19H27N2OS+. The first-order chi connectivity index (χ1) is 11.1. The van der Waals surface area contributed by atoms with E-state index in [-0.39, 0.29) is 18.0 Å². The number of nitrogens with two attached hydrogens (primary N) is 1. The Morgan fingerprint density at radius 3 is 2.35 bits per heavy atom. The lowest BCUT2D eigenvalue weighted by atomic mass is 9.95. The molecule has 0 radical (unpaired) electrons. The fourth-order valence-corrected chi connectivity index (χ4v) is 3.54. The Hall–Kier alpha value is -1.65. The highest BCUT2D eigenvalue weighted by Crippen LogP contribution is 2.25. The van der Waals surface area contributed by atoms with Gasteiger partial charge >= 0.3 is 0 Å². The zero-order valence-corrected chi connectivity index (χ0v) is 15.2. The normalized spacial score (nSPS) is 15.0. The minimum absolute atomic E-state index is 0.0581. The van der Waals surface area contributed by atoms with E-state index in [1.807, 2.05) is 6.92 Å². The average Bonchev–Trinajstić information content (AvgIpc) is 3.12. The first-order valence-electron chi connectivity index (χ1n) is 8.26. The highest BCUT2D eigenvalue weighted by Gasteiger charge is 2.25. The van der Waals surface area contributed by atoms with Gasteiger partial charge in [-0.05, 0) is 36.3 Å². The topological polar surface area (TPSA) is 45.7 Å². The van der Waals surface area contributed by atoms with Gasteiger partial charge in [0, 0.05) is 12.6 Å². The van der Waals surface area contributed by atoms with Gasteiger partial charge in [0.2, 0.25) is 0 Å². The van der Waals surface area contributed by atoms with Crippen molar-refractivity contribution >= 4 is 17.2 Å². The molecule has 3 nitrogen and oxygen atoms in total. The molecule has 1 aromatic heterocycles. The van der Waals surface area contributed by atoms with Crippen molar-refractivity contribution in [1.82, 2.24) is 5.32 Å². The molecule has 3 atom stereocenters. The number of thiophene rings is 1. The Labute approximate surface area is 143 Å². The number of likely N-dealkylation sites (N-methyl/N-ethyl adjacent to an activating group) is 1. The number of carbonyl (C=O) groups is 1. The summed E-state index contributed by atoms with van der Waals surface area (Å²) in [5, 5.41) is 6.97. The fraction of sp³-hybridized carbons (Fsp3) is 0.421. The summed E-state index contributed by atoms with van der Waals surface area (Å²) in [5.41, 5.74) is 2.62. The molecule has 1 amide bonds. The van der Waals surface area contributed by atoms with Gasteiger partial charge in [-0.15, -0.1) is 11.3 Å². The zero-order valence-electron chi connectivity index (χ0n) is 14.4. The molecule has 0 saturated heterocycles. The molecule has 0 aliphatic heterocycles.